The standard InChI is InChI=1S/C34H28N2/c1-21-13-15-31-25(17-21)27-19-28-26-18-22(2)14-16-32(26)36(30-12-8-6-10-24(30)4)34(28)20-33(27)35(31)29-11-7-5-9-23(29)3/h5-20H,1-4H3. The third-order valence-corrected chi connectivity index (χ3v) is 7.67. The summed E-state index contributed by atoms with van der Waals surface area (Å²) < 4.78 is 4.90. The van der Waals surface area contributed by atoms with E-state index in [-0.39, 0.29) is 0 Å². The number of para-hydroxylation sites is 2. The van der Waals surface area contributed by atoms with Crippen molar-refractivity contribution in [3.8, 4) is 11.4 Å². The lowest BCUT2D eigenvalue weighted by atomic mass is 10.1. The van der Waals surface area contributed by atoms with Crippen molar-refractivity contribution >= 4 is 43.6 Å². The van der Waals surface area contributed by atoms with E-state index in [0.717, 1.165) is 0 Å². The Kier molecular flexibility index (Phi) is 4.44. The molecule has 0 aliphatic heterocycles. The van der Waals surface area contributed by atoms with Gasteiger partial charge < -0.3 is 9.13 Å². The van der Waals surface area contributed by atoms with E-state index in [1.54, 1.807) is 0 Å². The predicted molar refractivity (Wildman–Crippen MR) is 154 cm³/mol. The molecule has 0 N–H and O–H groups in total. The molecule has 0 unspecified atom stereocenters. The van der Waals surface area contributed by atoms with Gasteiger partial charge >= 0.3 is 0 Å². The van der Waals surface area contributed by atoms with Crippen LogP contribution in [0.4, 0.5) is 0 Å². The van der Waals surface area contributed by atoms with E-state index in [9.17, 15) is 0 Å². The summed E-state index contributed by atoms with van der Waals surface area (Å²) in [5, 5.41) is 5.21. The van der Waals surface area contributed by atoms with Gasteiger partial charge in [-0.3, -0.25) is 0 Å². The van der Waals surface area contributed by atoms with Crippen molar-refractivity contribution in [3.05, 3.63) is 119 Å². The minimum absolute atomic E-state index is 1.23. The van der Waals surface area contributed by atoms with E-state index in [4.69, 9.17) is 0 Å². The van der Waals surface area contributed by atoms with Crippen LogP contribution in [0.2, 0.25) is 0 Å². The lowest BCUT2D eigenvalue weighted by Gasteiger charge is -2.13. The van der Waals surface area contributed by atoms with Gasteiger partial charge in [-0.1, -0.05) is 59.7 Å². The lowest BCUT2D eigenvalue weighted by molar-refractivity contribution is 1.14. The maximum Gasteiger partial charge on any atom is 0.0562 e. The Morgan fingerprint density at radius 1 is 0.389 bits per heavy atom. The Balaban J connectivity index is 1.73. The molecule has 0 atom stereocenters. The largest absolute Gasteiger partial charge is 0.309 e. The summed E-state index contributed by atoms with van der Waals surface area (Å²) in [6, 6.07) is 35.9. The Hall–Kier alpha value is -4.30. The van der Waals surface area contributed by atoms with Crippen LogP contribution in [0.5, 0.6) is 0 Å². The fourth-order valence-electron chi connectivity index (χ4n) is 5.91. The summed E-state index contributed by atoms with van der Waals surface area (Å²) in [6.07, 6.45) is 0. The van der Waals surface area contributed by atoms with Crippen LogP contribution in [-0.2, 0) is 0 Å². The van der Waals surface area contributed by atoms with E-state index in [1.807, 2.05) is 0 Å². The highest BCUT2D eigenvalue weighted by atomic mass is 15.0. The molecule has 7 aromatic rings. The minimum atomic E-state index is 1.23. The van der Waals surface area contributed by atoms with Gasteiger partial charge in [-0.2, -0.15) is 0 Å². The van der Waals surface area contributed by atoms with Crippen molar-refractivity contribution in [1.29, 1.82) is 0 Å². The van der Waals surface area contributed by atoms with Crippen molar-refractivity contribution in [2.24, 2.45) is 0 Å². The number of aryl methyl sites for hydroxylation is 4. The molecule has 174 valence electrons. The van der Waals surface area contributed by atoms with Crippen LogP contribution in [0.25, 0.3) is 55.0 Å². The molecule has 2 aromatic heterocycles. The minimum Gasteiger partial charge on any atom is -0.309 e. The van der Waals surface area contributed by atoms with Crippen LogP contribution >= 0.6 is 0 Å². The van der Waals surface area contributed by atoms with Crippen LogP contribution in [0, 0.1) is 27.7 Å². The van der Waals surface area contributed by atoms with Gasteiger partial charge in [0.2, 0.25) is 0 Å². The molecule has 2 heterocycles. The van der Waals surface area contributed by atoms with Gasteiger partial charge in [0, 0.05) is 32.9 Å². The number of aromatic nitrogens is 2. The molecular weight excluding hydrogens is 436 g/mol. The molecule has 0 aliphatic carbocycles. The van der Waals surface area contributed by atoms with Gasteiger partial charge in [0.25, 0.3) is 0 Å². The van der Waals surface area contributed by atoms with Gasteiger partial charge in [0.05, 0.1) is 22.1 Å². The third-order valence-electron chi connectivity index (χ3n) is 7.67. The predicted octanol–water partition coefficient (Wildman–Crippen LogP) is 9.11. The Morgan fingerprint density at radius 2 is 0.806 bits per heavy atom. The van der Waals surface area contributed by atoms with Crippen LogP contribution in [0.3, 0.4) is 0 Å². The van der Waals surface area contributed by atoms with Crippen molar-refractivity contribution in [2.45, 2.75) is 27.7 Å². The van der Waals surface area contributed by atoms with Crippen LogP contribution in [0.15, 0.2) is 97.1 Å². The van der Waals surface area contributed by atoms with Gasteiger partial charge in [-0.25, -0.2) is 0 Å². The first-order valence-corrected chi connectivity index (χ1v) is 12.6. The Labute approximate surface area is 211 Å². The highest BCUT2D eigenvalue weighted by Crippen LogP contribution is 2.40. The maximum absolute atomic E-state index is 2.45. The number of hydrogen-bond acceptors (Lipinski definition) is 0. The normalized spacial score (nSPS) is 11.9. The van der Waals surface area contributed by atoms with E-state index < -0.39 is 0 Å². The molecule has 0 saturated heterocycles. The third kappa shape index (κ3) is 2.91. The molecule has 0 saturated carbocycles. The summed E-state index contributed by atoms with van der Waals surface area (Å²) in [6.45, 7) is 8.77. The second kappa shape index (κ2) is 7.60. The first kappa shape index (κ1) is 21.0. The van der Waals surface area contributed by atoms with E-state index in [0.29, 0.717) is 0 Å². The van der Waals surface area contributed by atoms with Crippen molar-refractivity contribution in [3.63, 3.8) is 0 Å². The summed E-state index contributed by atoms with van der Waals surface area (Å²) in [7, 11) is 0. The molecule has 2 heteroatoms. The number of rotatable bonds is 2. The van der Waals surface area contributed by atoms with Gasteiger partial charge in [0.15, 0.2) is 0 Å². The lowest BCUT2D eigenvalue weighted by Crippen LogP contribution is -1.98. The quantitative estimate of drug-likeness (QED) is 0.241. The van der Waals surface area contributed by atoms with E-state index in [2.05, 4.69) is 134 Å². The summed E-state index contributed by atoms with van der Waals surface area (Å²) >= 11 is 0. The average molecular weight is 465 g/mol. The zero-order valence-electron chi connectivity index (χ0n) is 21.1. The van der Waals surface area contributed by atoms with Gasteiger partial charge in [0.1, 0.15) is 0 Å². The monoisotopic (exact) mass is 464 g/mol. The summed E-state index contributed by atoms with van der Waals surface area (Å²) in [4.78, 5) is 0. The van der Waals surface area contributed by atoms with E-state index >= 15 is 0 Å². The SMILES string of the molecule is Cc1ccc2c(c1)c1cc3c4cc(C)ccc4n(-c4ccccc4C)c3cc1n2-c1ccccc1C. The zero-order chi connectivity index (χ0) is 24.6. The molecule has 0 radical (unpaired) electrons. The second-order valence-corrected chi connectivity index (χ2v) is 10.2. The maximum atomic E-state index is 2.45. The molecule has 0 fully saturated rings. The van der Waals surface area contributed by atoms with E-state index in [1.165, 1.54) is 77.2 Å². The topological polar surface area (TPSA) is 9.86 Å². The fourth-order valence-corrected chi connectivity index (χ4v) is 5.91. The number of nitrogens with zero attached hydrogens (tertiary/aromatic N) is 2. The summed E-state index contributed by atoms with van der Waals surface area (Å²) in [5.41, 5.74) is 12.6. The average Bonchev–Trinajstić information content (AvgIpc) is 3.35. The van der Waals surface area contributed by atoms with Crippen molar-refractivity contribution in [2.75, 3.05) is 0 Å². The van der Waals surface area contributed by atoms with Crippen LogP contribution in [0.1, 0.15) is 22.3 Å². The first-order chi connectivity index (χ1) is 17.5. The fraction of sp³-hybridized carbons (Fsp3) is 0.118. The van der Waals surface area contributed by atoms with Crippen molar-refractivity contribution in [1.82, 2.24) is 9.13 Å². The van der Waals surface area contributed by atoms with Gasteiger partial charge in [-0.15, -0.1) is 0 Å². The molecule has 7 rings (SSSR count). The molecule has 5 aromatic carbocycles. The highest BCUT2D eigenvalue weighted by molar-refractivity contribution is 6.19. The second-order valence-electron chi connectivity index (χ2n) is 10.2. The molecule has 0 bridgehead atoms. The van der Waals surface area contributed by atoms with Crippen LogP contribution < -0.4 is 0 Å². The molecule has 0 spiro atoms. The summed E-state index contributed by atoms with van der Waals surface area (Å²) in [5.74, 6) is 0. The molecule has 0 amide bonds. The molecule has 0 aliphatic rings. The molecule has 36 heavy (non-hydrogen) atoms. The van der Waals surface area contributed by atoms with Crippen LogP contribution in [-0.4, -0.2) is 9.13 Å². The van der Waals surface area contributed by atoms with Crippen molar-refractivity contribution < 1.29 is 0 Å². The highest BCUT2D eigenvalue weighted by Gasteiger charge is 2.19. The molecular formula is C34H28N2. The first-order valence-electron chi connectivity index (χ1n) is 12.6. The Morgan fingerprint density at radius 3 is 1.25 bits per heavy atom. The van der Waals surface area contributed by atoms with Gasteiger partial charge in [-0.05, 0) is 87.4 Å². The smallest absolute Gasteiger partial charge is 0.0562 e. The number of benzene rings is 5. The molecule has 2 nitrogen and oxygen atoms in total. The zero-order valence-corrected chi connectivity index (χ0v) is 21.1. The number of hydrogen-bond donors (Lipinski definition) is 0. The Bertz CT molecular complexity index is 1840. The number of fused-ring (bicyclic) bond motifs is 6.